The Labute approximate surface area is 381 Å². The minimum Gasteiger partial charge on any atom is -0.394 e. The lowest BCUT2D eigenvalue weighted by Crippen LogP contribution is -2.47. The third-order valence-corrected chi connectivity index (χ3v) is 9.45. The lowest BCUT2D eigenvalue weighted by atomic mass is 10.1. The maximum Gasteiger partial charge on any atom is 0.224 e. The number of nitrogens with one attached hydrogen (secondary N) is 1. The van der Waals surface area contributed by atoms with Crippen LogP contribution in [0, 0.1) is 0 Å². The molecule has 0 aliphatic heterocycles. The number of aliphatic hydroxyl groups excluding tert-OH is 2. The molecule has 0 spiro atoms. The van der Waals surface area contributed by atoms with E-state index in [2.05, 4.69) is 24.4 Å². The van der Waals surface area contributed by atoms with E-state index in [1.165, 1.54) is 57.8 Å². The third-order valence-electron chi connectivity index (χ3n) is 9.45. The van der Waals surface area contributed by atoms with E-state index in [0.717, 1.165) is 25.7 Å². The van der Waals surface area contributed by atoms with E-state index < -0.39 is 6.23 Å². The number of nitrogens with two attached hydrogens (primary N) is 1. The molecule has 0 radical (unpaired) electrons. The lowest BCUT2D eigenvalue weighted by Gasteiger charge is -2.31. The highest BCUT2D eigenvalue weighted by molar-refractivity contribution is 5.76. The smallest absolute Gasteiger partial charge is 0.224 e. The summed E-state index contributed by atoms with van der Waals surface area (Å²) in [5.41, 5.74) is 5.61. The lowest BCUT2D eigenvalue weighted by molar-refractivity contribution is -0.153. The molecule has 63 heavy (non-hydrogen) atoms. The molecule has 0 aromatic rings. The molecule has 0 aliphatic rings. The Bertz CT molecular complexity index is 915. The summed E-state index contributed by atoms with van der Waals surface area (Å²) in [6, 6.07) is 0. The molecule has 0 saturated carbocycles. The van der Waals surface area contributed by atoms with Gasteiger partial charge in [-0.1, -0.05) is 70.4 Å². The van der Waals surface area contributed by atoms with Crippen LogP contribution in [0.5, 0.6) is 0 Å². The number of unbranched alkanes of at least 4 members (excludes halogenated alkanes) is 11. The Morgan fingerprint density at radius 3 is 1.25 bits per heavy atom. The molecule has 0 aromatic carbocycles. The van der Waals surface area contributed by atoms with E-state index >= 15 is 0 Å². The van der Waals surface area contributed by atoms with Crippen LogP contribution in [0.1, 0.15) is 96.8 Å². The highest BCUT2D eigenvalue weighted by Crippen LogP contribution is 2.12. The zero-order chi connectivity index (χ0) is 45.6. The topological polar surface area (TPSA) is 200 Å². The zero-order valence-electron chi connectivity index (χ0n) is 39.5. The van der Waals surface area contributed by atoms with E-state index in [1.54, 1.807) is 4.90 Å². The molecular formula is C46H93N3O14. The fraction of sp³-hybridized carbons (Fsp3) is 0.935. The van der Waals surface area contributed by atoms with Crippen molar-refractivity contribution in [1.82, 2.24) is 10.2 Å². The summed E-state index contributed by atoms with van der Waals surface area (Å²) in [6.45, 7) is 13.5. The van der Waals surface area contributed by atoms with Gasteiger partial charge in [0.25, 0.3) is 0 Å². The van der Waals surface area contributed by atoms with Crippen molar-refractivity contribution in [1.29, 1.82) is 0 Å². The largest absolute Gasteiger partial charge is 0.394 e. The fourth-order valence-corrected chi connectivity index (χ4v) is 5.98. The number of ether oxygens (including phenoxy) is 11. The summed E-state index contributed by atoms with van der Waals surface area (Å²) in [7, 11) is 0. The SMILES string of the molecule is CCCCCCCC/C=C\CCCCCCCC(=O)N(CCNCCN)C(CO)OCCOCCOCCOCCOCCOCCOCCOCCOCCOCCOCCO. The van der Waals surface area contributed by atoms with Gasteiger partial charge in [0, 0.05) is 32.6 Å². The summed E-state index contributed by atoms with van der Waals surface area (Å²) in [5, 5.41) is 21.9. The van der Waals surface area contributed by atoms with Crippen LogP contribution in [0.2, 0.25) is 0 Å². The average molecular weight is 912 g/mol. The molecule has 1 amide bonds. The first kappa shape index (κ1) is 61.6. The van der Waals surface area contributed by atoms with Crippen LogP contribution in [-0.4, -0.2) is 205 Å². The Balaban J connectivity index is 3.72. The molecule has 17 heteroatoms. The summed E-state index contributed by atoms with van der Waals surface area (Å²) in [5.74, 6) is -0.00806. The van der Waals surface area contributed by atoms with E-state index in [-0.39, 0.29) is 25.7 Å². The van der Waals surface area contributed by atoms with Gasteiger partial charge in [0.15, 0.2) is 6.23 Å². The molecule has 0 heterocycles. The number of amides is 1. The summed E-state index contributed by atoms with van der Waals surface area (Å²) >= 11 is 0. The summed E-state index contributed by atoms with van der Waals surface area (Å²) in [6.07, 6.45) is 20.1. The molecular weight excluding hydrogens is 819 g/mol. The number of carbonyl (C=O) groups excluding carboxylic acids is 1. The van der Waals surface area contributed by atoms with Crippen molar-refractivity contribution in [3.05, 3.63) is 12.2 Å². The molecule has 5 N–H and O–H groups in total. The molecule has 1 atom stereocenters. The number of allylic oxidation sites excluding steroid dienone is 2. The quantitative estimate of drug-likeness (QED) is 0.0389. The molecule has 0 aromatic heterocycles. The molecule has 0 saturated heterocycles. The number of carbonyl (C=O) groups is 1. The van der Waals surface area contributed by atoms with Crippen LogP contribution >= 0.6 is 0 Å². The normalized spacial score (nSPS) is 12.3. The number of rotatable bonds is 55. The number of nitrogens with zero attached hydrogens (tertiary/aromatic N) is 1. The van der Waals surface area contributed by atoms with Crippen molar-refractivity contribution in [3.63, 3.8) is 0 Å². The monoisotopic (exact) mass is 912 g/mol. The van der Waals surface area contributed by atoms with Crippen LogP contribution in [0.15, 0.2) is 12.2 Å². The van der Waals surface area contributed by atoms with Gasteiger partial charge < -0.3 is 78.3 Å². The van der Waals surface area contributed by atoms with Gasteiger partial charge in [-0.25, -0.2) is 0 Å². The van der Waals surface area contributed by atoms with Gasteiger partial charge in [-0.3, -0.25) is 4.79 Å². The van der Waals surface area contributed by atoms with Crippen molar-refractivity contribution in [3.8, 4) is 0 Å². The van der Waals surface area contributed by atoms with Crippen molar-refractivity contribution in [2.75, 3.05) is 178 Å². The van der Waals surface area contributed by atoms with Crippen LogP contribution in [0.3, 0.4) is 0 Å². The Morgan fingerprint density at radius 1 is 0.508 bits per heavy atom. The molecule has 376 valence electrons. The second-order valence-corrected chi connectivity index (χ2v) is 14.8. The molecule has 0 aliphatic carbocycles. The molecule has 0 bridgehead atoms. The predicted molar refractivity (Wildman–Crippen MR) is 245 cm³/mol. The van der Waals surface area contributed by atoms with Crippen molar-refractivity contribution in [2.45, 2.75) is 103 Å². The first-order chi connectivity index (χ1) is 31.2. The fourth-order valence-electron chi connectivity index (χ4n) is 5.98. The number of aliphatic hydroxyl groups is 2. The van der Waals surface area contributed by atoms with E-state index in [1.807, 2.05) is 0 Å². The van der Waals surface area contributed by atoms with Crippen LogP contribution in [0.4, 0.5) is 0 Å². The van der Waals surface area contributed by atoms with Crippen LogP contribution < -0.4 is 11.1 Å². The van der Waals surface area contributed by atoms with Gasteiger partial charge in [0.05, 0.1) is 152 Å². The number of hydrogen-bond donors (Lipinski definition) is 4. The predicted octanol–water partition coefficient (Wildman–Crippen LogP) is 3.89. The maximum absolute atomic E-state index is 13.2. The Hall–Kier alpha value is -1.39. The number of hydrogen-bond acceptors (Lipinski definition) is 16. The van der Waals surface area contributed by atoms with Crippen molar-refractivity contribution in [2.24, 2.45) is 5.73 Å². The minimum atomic E-state index is -0.725. The van der Waals surface area contributed by atoms with E-state index in [9.17, 15) is 9.90 Å². The van der Waals surface area contributed by atoms with Gasteiger partial charge in [0.1, 0.15) is 0 Å². The molecule has 1 unspecified atom stereocenters. The summed E-state index contributed by atoms with van der Waals surface area (Å²) < 4.78 is 60.5. The minimum absolute atomic E-state index is 0.00806. The van der Waals surface area contributed by atoms with E-state index in [0.29, 0.717) is 165 Å². The molecule has 0 fully saturated rings. The Morgan fingerprint density at radius 2 is 0.873 bits per heavy atom. The summed E-state index contributed by atoms with van der Waals surface area (Å²) in [4.78, 5) is 14.8. The third kappa shape index (κ3) is 48.4. The first-order valence-electron chi connectivity index (χ1n) is 24.2. The van der Waals surface area contributed by atoms with Gasteiger partial charge >= 0.3 is 0 Å². The average Bonchev–Trinajstić information content (AvgIpc) is 3.29. The molecule has 0 rings (SSSR count). The van der Waals surface area contributed by atoms with Crippen LogP contribution in [0.25, 0.3) is 0 Å². The second-order valence-electron chi connectivity index (χ2n) is 14.8. The van der Waals surface area contributed by atoms with Gasteiger partial charge in [-0.15, -0.1) is 0 Å². The first-order valence-corrected chi connectivity index (χ1v) is 24.2. The van der Waals surface area contributed by atoms with Crippen molar-refractivity contribution < 1.29 is 67.1 Å². The highest BCUT2D eigenvalue weighted by atomic mass is 16.6. The van der Waals surface area contributed by atoms with Gasteiger partial charge in [-0.2, -0.15) is 0 Å². The molecule has 17 nitrogen and oxygen atoms in total. The standard InChI is InChI=1S/C46H93N3O14/c1-2-3-4-5-6-7-8-9-10-11-12-13-14-15-16-17-45(52)49(21-20-48-19-18-47)46(44-51)63-43-42-62-41-40-61-39-38-60-37-36-59-35-34-58-33-32-57-31-30-56-29-28-55-27-26-54-25-24-53-23-22-50/h9-10,46,48,50-51H,2-8,11-44,47H2,1H3/b10-9-. The van der Waals surface area contributed by atoms with Gasteiger partial charge in [-0.05, 0) is 32.1 Å². The van der Waals surface area contributed by atoms with E-state index in [4.69, 9.17) is 62.9 Å². The maximum atomic E-state index is 13.2. The highest BCUT2D eigenvalue weighted by Gasteiger charge is 2.23. The Kier molecular flexibility index (Phi) is 53.7. The zero-order valence-corrected chi connectivity index (χ0v) is 39.5. The van der Waals surface area contributed by atoms with Gasteiger partial charge in [0.2, 0.25) is 5.91 Å². The second kappa shape index (κ2) is 54.9. The van der Waals surface area contributed by atoms with Crippen molar-refractivity contribution >= 4 is 5.91 Å². The van der Waals surface area contributed by atoms with Crippen LogP contribution in [-0.2, 0) is 56.9 Å².